The normalized spacial score (nSPS) is 10.8. The number of esters is 1. The first-order valence-corrected chi connectivity index (χ1v) is 8.53. The van der Waals surface area contributed by atoms with Crippen molar-refractivity contribution in [3.63, 3.8) is 0 Å². The number of carbonyl (C=O) groups is 2. The number of nitrogens with one attached hydrogen (secondary N) is 1. The summed E-state index contributed by atoms with van der Waals surface area (Å²) in [5.74, 6) is -0.697. The smallest absolute Gasteiger partial charge is 0.357 e. The van der Waals surface area contributed by atoms with Crippen molar-refractivity contribution in [3.8, 4) is 5.75 Å². The van der Waals surface area contributed by atoms with E-state index < -0.39 is 18.5 Å². The van der Waals surface area contributed by atoms with Crippen LogP contribution in [-0.4, -0.2) is 30.6 Å². The van der Waals surface area contributed by atoms with Crippen molar-refractivity contribution >= 4 is 39.5 Å². The molecule has 2 heterocycles. The third-order valence-corrected chi connectivity index (χ3v) is 4.18. The number of hydrogen-bond acceptors (Lipinski definition) is 6. The summed E-state index contributed by atoms with van der Waals surface area (Å²) < 4.78 is 16.2. The molecular weight excluding hydrogens is 360 g/mol. The summed E-state index contributed by atoms with van der Waals surface area (Å²) in [7, 11) is 1.51. The summed E-state index contributed by atoms with van der Waals surface area (Å²) in [6.45, 7) is -0.448. The Balaban J connectivity index is 1.52. The van der Waals surface area contributed by atoms with Crippen molar-refractivity contribution in [1.82, 2.24) is 4.98 Å². The molecule has 7 heteroatoms. The van der Waals surface area contributed by atoms with E-state index in [4.69, 9.17) is 13.9 Å². The molecule has 0 spiro atoms. The van der Waals surface area contributed by atoms with Crippen molar-refractivity contribution in [1.29, 1.82) is 0 Å². The van der Waals surface area contributed by atoms with Crippen LogP contribution in [-0.2, 0) is 9.53 Å². The maximum absolute atomic E-state index is 12.2. The van der Waals surface area contributed by atoms with Gasteiger partial charge in [0.2, 0.25) is 0 Å². The number of methoxy groups -OCH3 is 1. The predicted molar refractivity (Wildman–Crippen MR) is 103 cm³/mol. The highest BCUT2D eigenvalue weighted by molar-refractivity contribution is 6.08. The van der Waals surface area contributed by atoms with Gasteiger partial charge in [0.05, 0.1) is 12.8 Å². The van der Waals surface area contributed by atoms with Gasteiger partial charge in [0.25, 0.3) is 5.91 Å². The minimum absolute atomic E-state index is 0.136. The van der Waals surface area contributed by atoms with Crippen LogP contribution in [0.25, 0.3) is 21.9 Å². The number of aromatic nitrogens is 1. The van der Waals surface area contributed by atoms with Crippen LogP contribution in [0.5, 0.6) is 5.75 Å². The number of nitrogens with zero attached hydrogens (tertiary/aromatic N) is 1. The van der Waals surface area contributed by atoms with Gasteiger partial charge in [-0.2, -0.15) is 0 Å². The topological polar surface area (TPSA) is 90.7 Å². The summed E-state index contributed by atoms with van der Waals surface area (Å²) >= 11 is 0. The Morgan fingerprint density at radius 3 is 2.64 bits per heavy atom. The quantitative estimate of drug-likeness (QED) is 0.533. The van der Waals surface area contributed by atoms with Gasteiger partial charge in [-0.3, -0.25) is 4.79 Å². The number of fused-ring (bicyclic) bond motifs is 3. The monoisotopic (exact) mass is 376 g/mol. The number of anilines is 1. The molecule has 28 heavy (non-hydrogen) atoms. The number of carbonyl (C=O) groups excluding carboxylic acids is 2. The molecular formula is C21H16N2O5. The Labute approximate surface area is 159 Å². The van der Waals surface area contributed by atoms with Gasteiger partial charge in [-0.1, -0.05) is 24.3 Å². The van der Waals surface area contributed by atoms with E-state index in [-0.39, 0.29) is 5.69 Å². The van der Waals surface area contributed by atoms with Gasteiger partial charge in [0.1, 0.15) is 22.6 Å². The molecule has 0 bridgehead atoms. The van der Waals surface area contributed by atoms with Crippen molar-refractivity contribution in [2.45, 2.75) is 0 Å². The Morgan fingerprint density at radius 1 is 1.04 bits per heavy atom. The molecule has 0 aliphatic carbocycles. The molecule has 0 aliphatic heterocycles. The molecule has 0 radical (unpaired) electrons. The summed E-state index contributed by atoms with van der Waals surface area (Å²) in [5.41, 5.74) is 1.92. The van der Waals surface area contributed by atoms with Crippen LogP contribution in [0.3, 0.4) is 0 Å². The largest absolute Gasteiger partial charge is 0.495 e. The average Bonchev–Trinajstić information content (AvgIpc) is 3.09. The first-order valence-electron chi connectivity index (χ1n) is 8.53. The lowest BCUT2D eigenvalue weighted by Gasteiger charge is -2.10. The standard InChI is InChI=1S/C21H16N2O5/c1-26-19-10-14-13-6-2-3-8-17(13)28-18(14)11-16(19)23-20(24)12-27-21(25)15-7-4-5-9-22-15/h2-11H,12H2,1H3,(H,23,24). The van der Waals surface area contributed by atoms with E-state index >= 15 is 0 Å². The van der Waals surface area contributed by atoms with Crippen LogP contribution in [0.4, 0.5) is 5.69 Å². The van der Waals surface area contributed by atoms with Crippen LogP contribution in [0.1, 0.15) is 10.5 Å². The van der Waals surface area contributed by atoms with E-state index in [1.54, 1.807) is 24.3 Å². The van der Waals surface area contributed by atoms with Gasteiger partial charge < -0.3 is 19.2 Å². The second-order valence-electron chi connectivity index (χ2n) is 5.99. The second-order valence-corrected chi connectivity index (χ2v) is 5.99. The molecule has 1 amide bonds. The number of rotatable bonds is 5. The van der Waals surface area contributed by atoms with Crippen LogP contribution >= 0.6 is 0 Å². The molecule has 4 rings (SSSR count). The molecule has 140 valence electrons. The Hall–Kier alpha value is -3.87. The first kappa shape index (κ1) is 17.5. The van der Waals surface area contributed by atoms with Crippen LogP contribution < -0.4 is 10.1 Å². The van der Waals surface area contributed by atoms with Crippen LogP contribution in [0.2, 0.25) is 0 Å². The van der Waals surface area contributed by atoms with Crippen molar-refractivity contribution in [3.05, 3.63) is 66.5 Å². The van der Waals surface area contributed by atoms with E-state index in [1.807, 2.05) is 24.3 Å². The number of benzene rings is 2. The lowest BCUT2D eigenvalue weighted by molar-refractivity contribution is -0.119. The lowest BCUT2D eigenvalue weighted by Crippen LogP contribution is -2.21. The Kier molecular flexibility index (Phi) is 4.63. The molecule has 7 nitrogen and oxygen atoms in total. The molecule has 2 aromatic heterocycles. The molecule has 0 saturated heterocycles. The zero-order valence-corrected chi connectivity index (χ0v) is 15.0. The highest BCUT2D eigenvalue weighted by Crippen LogP contribution is 2.36. The van der Waals surface area contributed by atoms with Gasteiger partial charge in [-0.05, 0) is 24.3 Å². The average molecular weight is 376 g/mol. The highest BCUT2D eigenvalue weighted by atomic mass is 16.5. The van der Waals surface area contributed by atoms with Gasteiger partial charge in [-0.15, -0.1) is 0 Å². The number of furan rings is 1. The minimum Gasteiger partial charge on any atom is -0.495 e. The van der Waals surface area contributed by atoms with E-state index in [2.05, 4.69) is 10.3 Å². The number of hydrogen-bond donors (Lipinski definition) is 1. The summed E-state index contributed by atoms with van der Waals surface area (Å²) in [5, 5.41) is 4.52. The summed E-state index contributed by atoms with van der Waals surface area (Å²) in [4.78, 5) is 28.0. The fraction of sp³-hybridized carbons (Fsp3) is 0.0952. The molecule has 0 aliphatic rings. The second kappa shape index (κ2) is 7.40. The number of amides is 1. The van der Waals surface area contributed by atoms with E-state index in [1.165, 1.54) is 19.4 Å². The number of para-hydroxylation sites is 1. The maximum Gasteiger partial charge on any atom is 0.357 e. The van der Waals surface area contributed by atoms with Crippen molar-refractivity contribution < 1.29 is 23.5 Å². The van der Waals surface area contributed by atoms with Gasteiger partial charge in [0, 0.05) is 23.0 Å². The first-order chi connectivity index (χ1) is 13.7. The minimum atomic E-state index is -0.671. The zero-order valence-electron chi connectivity index (χ0n) is 15.0. The van der Waals surface area contributed by atoms with Crippen molar-refractivity contribution in [2.75, 3.05) is 19.0 Å². The number of pyridine rings is 1. The van der Waals surface area contributed by atoms with E-state index in [9.17, 15) is 9.59 Å². The fourth-order valence-electron chi connectivity index (χ4n) is 2.89. The van der Waals surface area contributed by atoms with Gasteiger partial charge in [0.15, 0.2) is 6.61 Å². The maximum atomic E-state index is 12.2. The van der Waals surface area contributed by atoms with Gasteiger partial charge in [-0.25, -0.2) is 9.78 Å². The lowest BCUT2D eigenvalue weighted by atomic mass is 10.1. The van der Waals surface area contributed by atoms with E-state index in [0.29, 0.717) is 17.0 Å². The van der Waals surface area contributed by atoms with Crippen molar-refractivity contribution in [2.24, 2.45) is 0 Å². The zero-order chi connectivity index (χ0) is 19.5. The van der Waals surface area contributed by atoms with Crippen LogP contribution in [0, 0.1) is 0 Å². The molecule has 0 saturated carbocycles. The highest BCUT2D eigenvalue weighted by Gasteiger charge is 2.16. The third-order valence-electron chi connectivity index (χ3n) is 4.18. The number of ether oxygens (including phenoxy) is 2. The Morgan fingerprint density at radius 2 is 1.86 bits per heavy atom. The molecule has 2 aromatic carbocycles. The van der Waals surface area contributed by atoms with Crippen LogP contribution in [0.15, 0.2) is 65.2 Å². The third kappa shape index (κ3) is 3.37. The summed E-state index contributed by atoms with van der Waals surface area (Å²) in [6, 6.07) is 16.0. The fourth-order valence-corrected chi connectivity index (χ4v) is 2.89. The van der Waals surface area contributed by atoms with Gasteiger partial charge >= 0.3 is 5.97 Å². The molecule has 4 aromatic rings. The molecule has 0 unspecified atom stereocenters. The molecule has 1 N–H and O–H groups in total. The predicted octanol–water partition coefficient (Wildman–Crippen LogP) is 3.79. The van der Waals surface area contributed by atoms with E-state index in [0.717, 1.165) is 16.4 Å². The Bertz CT molecular complexity index is 1170. The summed E-state index contributed by atoms with van der Waals surface area (Å²) in [6.07, 6.45) is 1.48. The SMILES string of the molecule is COc1cc2c(cc1NC(=O)COC(=O)c1ccccn1)oc1ccccc12. The molecule has 0 fully saturated rings. The molecule has 0 atom stereocenters.